The molecule has 0 aliphatic carbocycles. The minimum absolute atomic E-state index is 0.0872. The standard InChI is InChI=1S/C16H26N2O4/c1-21-16-12-14(2-3-15(16)20)13-18-6-4-17(5-7-18)8-10-22-11-9-19/h2-3,12,19-20H,4-11,13H2,1H3. The van der Waals surface area contributed by atoms with Gasteiger partial charge < -0.3 is 19.7 Å². The molecule has 1 fully saturated rings. The average Bonchev–Trinajstić information content (AvgIpc) is 2.55. The second-order valence-electron chi connectivity index (χ2n) is 5.46. The topological polar surface area (TPSA) is 65.4 Å². The van der Waals surface area contributed by atoms with Gasteiger partial charge >= 0.3 is 0 Å². The zero-order valence-electron chi connectivity index (χ0n) is 13.2. The Hall–Kier alpha value is -1.34. The molecule has 124 valence electrons. The van der Waals surface area contributed by atoms with E-state index in [1.807, 2.05) is 12.1 Å². The zero-order chi connectivity index (χ0) is 15.8. The summed E-state index contributed by atoms with van der Waals surface area (Å²) >= 11 is 0. The van der Waals surface area contributed by atoms with Gasteiger partial charge in [-0.15, -0.1) is 0 Å². The molecule has 1 saturated heterocycles. The Balaban J connectivity index is 1.73. The Kier molecular flexibility index (Phi) is 6.92. The van der Waals surface area contributed by atoms with Crippen LogP contribution in [0.4, 0.5) is 0 Å². The van der Waals surface area contributed by atoms with Gasteiger partial charge in [0.25, 0.3) is 0 Å². The first kappa shape index (κ1) is 17.0. The van der Waals surface area contributed by atoms with Crippen molar-refractivity contribution in [1.29, 1.82) is 0 Å². The van der Waals surface area contributed by atoms with Crippen LogP contribution in [0.15, 0.2) is 18.2 Å². The summed E-state index contributed by atoms with van der Waals surface area (Å²) in [4.78, 5) is 4.78. The Morgan fingerprint density at radius 1 is 1.09 bits per heavy atom. The molecular weight excluding hydrogens is 284 g/mol. The zero-order valence-corrected chi connectivity index (χ0v) is 13.2. The third kappa shape index (κ3) is 5.14. The number of hydrogen-bond acceptors (Lipinski definition) is 6. The number of methoxy groups -OCH3 is 1. The number of hydrogen-bond donors (Lipinski definition) is 2. The fourth-order valence-corrected chi connectivity index (χ4v) is 2.61. The van der Waals surface area contributed by atoms with Crippen LogP contribution in [-0.4, -0.2) is 79.7 Å². The fraction of sp³-hybridized carbons (Fsp3) is 0.625. The molecule has 0 spiro atoms. The molecule has 1 aromatic carbocycles. The third-order valence-electron chi connectivity index (χ3n) is 3.90. The van der Waals surface area contributed by atoms with Crippen molar-refractivity contribution in [2.24, 2.45) is 0 Å². The van der Waals surface area contributed by atoms with Gasteiger partial charge in [-0.05, 0) is 17.7 Å². The van der Waals surface area contributed by atoms with Crippen molar-refractivity contribution in [2.75, 3.05) is 59.7 Å². The average molecular weight is 310 g/mol. The number of benzene rings is 1. The van der Waals surface area contributed by atoms with Gasteiger partial charge in [0.05, 0.1) is 26.9 Å². The summed E-state index contributed by atoms with van der Waals surface area (Å²) in [6.45, 7) is 7.05. The van der Waals surface area contributed by atoms with Gasteiger partial charge in [0, 0.05) is 39.3 Å². The van der Waals surface area contributed by atoms with E-state index in [4.69, 9.17) is 14.6 Å². The summed E-state index contributed by atoms with van der Waals surface area (Å²) < 4.78 is 10.4. The van der Waals surface area contributed by atoms with E-state index < -0.39 is 0 Å². The van der Waals surface area contributed by atoms with Gasteiger partial charge in [0.1, 0.15) is 0 Å². The van der Waals surface area contributed by atoms with Crippen LogP contribution in [0.5, 0.6) is 11.5 Å². The highest BCUT2D eigenvalue weighted by molar-refractivity contribution is 5.41. The quantitative estimate of drug-likeness (QED) is 0.683. The van der Waals surface area contributed by atoms with E-state index >= 15 is 0 Å². The van der Waals surface area contributed by atoms with Crippen molar-refractivity contribution in [3.8, 4) is 11.5 Å². The molecule has 0 bridgehead atoms. The smallest absolute Gasteiger partial charge is 0.160 e. The minimum atomic E-state index is 0.0872. The number of rotatable bonds is 8. The lowest BCUT2D eigenvalue weighted by Gasteiger charge is -2.34. The fourth-order valence-electron chi connectivity index (χ4n) is 2.61. The molecule has 0 aromatic heterocycles. The van der Waals surface area contributed by atoms with E-state index in [0.29, 0.717) is 19.0 Å². The third-order valence-corrected chi connectivity index (χ3v) is 3.90. The predicted molar refractivity (Wildman–Crippen MR) is 84.3 cm³/mol. The van der Waals surface area contributed by atoms with Crippen LogP contribution in [0.2, 0.25) is 0 Å². The van der Waals surface area contributed by atoms with E-state index in [9.17, 15) is 5.11 Å². The maximum atomic E-state index is 9.62. The Morgan fingerprint density at radius 2 is 1.82 bits per heavy atom. The van der Waals surface area contributed by atoms with Crippen LogP contribution in [0, 0.1) is 0 Å². The molecule has 2 rings (SSSR count). The van der Waals surface area contributed by atoms with Crippen molar-refractivity contribution in [1.82, 2.24) is 9.80 Å². The van der Waals surface area contributed by atoms with Crippen LogP contribution in [0.3, 0.4) is 0 Å². The van der Waals surface area contributed by atoms with Crippen LogP contribution in [-0.2, 0) is 11.3 Å². The van der Waals surface area contributed by atoms with E-state index in [1.165, 1.54) is 0 Å². The second kappa shape index (κ2) is 8.95. The monoisotopic (exact) mass is 310 g/mol. The van der Waals surface area contributed by atoms with Gasteiger partial charge in [0.2, 0.25) is 0 Å². The normalized spacial score (nSPS) is 16.8. The van der Waals surface area contributed by atoms with Gasteiger partial charge in [0.15, 0.2) is 11.5 Å². The summed E-state index contributed by atoms with van der Waals surface area (Å²) in [6, 6.07) is 5.51. The first-order chi connectivity index (χ1) is 10.7. The van der Waals surface area contributed by atoms with Crippen LogP contribution in [0.25, 0.3) is 0 Å². The van der Waals surface area contributed by atoms with E-state index in [0.717, 1.165) is 44.8 Å². The molecule has 1 aromatic rings. The molecule has 22 heavy (non-hydrogen) atoms. The number of aliphatic hydroxyl groups is 1. The number of phenolic OH excluding ortho intramolecular Hbond substituents is 1. The molecule has 0 unspecified atom stereocenters. The highest BCUT2D eigenvalue weighted by atomic mass is 16.5. The van der Waals surface area contributed by atoms with Crippen molar-refractivity contribution >= 4 is 0 Å². The Bertz CT molecular complexity index is 448. The first-order valence-corrected chi connectivity index (χ1v) is 7.72. The molecule has 1 heterocycles. The molecule has 1 aliphatic rings. The summed E-state index contributed by atoms with van der Waals surface area (Å²) in [5, 5.41) is 18.3. The summed E-state index contributed by atoms with van der Waals surface area (Å²) in [6.07, 6.45) is 0. The highest BCUT2D eigenvalue weighted by Crippen LogP contribution is 2.26. The second-order valence-corrected chi connectivity index (χ2v) is 5.46. The van der Waals surface area contributed by atoms with Gasteiger partial charge in [-0.2, -0.15) is 0 Å². The molecule has 2 N–H and O–H groups in total. The first-order valence-electron chi connectivity index (χ1n) is 7.72. The van der Waals surface area contributed by atoms with E-state index in [2.05, 4.69) is 9.80 Å². The van der Waals surface area contributed by atoms with Crippen LogP contribution < -0.4 is 4.74 Å². The maximum Gasteiger partial charge on any atom is 0.160 e. The molecular formula is C16H26N2O4. The molecule has 6 nitrogen and oxygen atoms in total. The van der Waals surface area contributed by atoms with Gasteiger partial charge in [-0.3, -0.25) is 9.80 Å². The summed E-state index contributed by atoms with van der Waals surface area (Å²) in [7, 11) is 1.57. The minimum Gasteiger partial charge on any atom is -0.504 e. The molecule has 1 aliphatic heterocycles. The summed E-state index contributed by atoms with van der Waals surface area (Å²) in [5.41, 5.74) is 1.15. The van der Waals surface area contributed by atoms with Gasteiger partial charge in [-0.25, -0.2) is 0 Å². The van der Waals surface area contributed by atoms with Crippen molar-refractivity contribution in [3.63, 3.8) is 0 Å². The lowest BCUT2D eigenvalue weighted by atomic mass is 10.1. The SMILES string of the molecule is COc1cc(CN2CCN(CCOCCO)CC2)ccc1O. The van der Waals surface area contributed by atoms with E-state index in [-0.39, 0.29) is 12.4 Å². The van der Waals surface area contributed by atoms with Crippen LogP contribution in [0.1, 0.15) is 5.56 Å². The largest absolute Gasteiger partial charge is 0.504 e. The highest BCUT2D eigenvalue weighted by Gasteiger charge is 2.17. The van der Waals surface area contributed by atoms with Crippen molar-refractivity contribution in [3.05, 3.63) is 23.8 Å². The van der Waals surface area contributed by atoms with E-state index in [1.54, 1.807) is 13.2 Å². The van der Waals surface area contributed by atoms with Crippen molar-refractivity contribution in [2.45, 2.75) is 6.54 Å². The lowest BCUT2D eigenvalue weighted by molar-refractivity contribution is 0.0563. The molecule has 0 saturated carbocycles. The number of ether oxygens (including phenoxy) is 2. The molecule has 0 amide bonds. The molecule has 0 atom stereocenters. The van der Waals surface area contributed by atoms with Crippen LogP contribution >= 0.6 is 0 Å². The molecule has 0 radical (unpaired) electrons. The van der Waals surface area contributed by atoms with Crippen molar-refractivity contribution < 1.29 is 19.7 Å². The lowest BCUT2D eigenvalue weighted by Crippen LogP contribution is -2.46. The number of aliphatic hydroxyl groups excluding tert-OH is 1. The number of nitrogens with zero attached hydrogens (tertiary/aromatic N) is 2. The Morgan fingerprint density at radius 3 is 2.50 bits per heavy atom. The molecule has 6 heteroatoms. The number of phenols is 1. The summed E-state index contributed by atoms with van der Waals surface area (Å²) in [5.74, 6) is 0.705. The Labute approximate surface area is 131 Å². The predicted octanol–water partition coefficient (Wildman–Crippen LogP) is 0.527. The van der Waals surface area contributed by atoms with Gasteiger partial charge in [-0.1, -0.05) is 6.07 Å². The maximum absolute atomic E-state index is 9.62. The number of aromatic hydroxyl groups is 1. The number of piperazine rings is 1.